The number of esters is 1. The summed E-state index contributed by atoms with van der Waals surface area (Å²) in [5, 5.41) is 0.230. The van der Waals surface area contributed by atoms with Crippen LogP contribution >= 0.6 is 11.6 Å². The highest BCUT2D eigenvalue weighted by Crippen LogP contribution is 2.24. The lowest BCUT2D eigenvalue weighted by Gasteiger charge is -2.31. The Hall–Kier alpha value is -1.87. The molecule has 0 atom stereocenters. The number of hydrogen-bond donors (Lipinski definition) is 1. The first-order valence-electron chi connectivity index (χ1n) is 8.17. The average molecular weight is 400 g/mol. The molecule has 1 aliphatic rings. The Balaban J connectivity index is 1.61. The number of sulfonamides is 1. The van der Waals surface area contributed by atoms with Crippen LogP contribution in [-0.4, -0.2) is 52.0 Å². The number of carbonyl (C=O) groups is 1. The molecule has 9 heteroatoms. The molecule has 140 valence electrons. The first kappa shape index (κ1) is 18.9. The summed E-state index contributed by atoms with van der Waals surface area (Å²) in [6.07, 6.45) is 0. The summed E-state index contributed by atoms with van der Waals surface area (Å²) in [4.78, 5) is 12.7. The Morgan fingerprint density at radius 1 is 1.23 bits per heavy atom. The summed E-state index contributed by atoms with van der Waals surface area (Å²) in [7, 11) is -2.30. The van der Waals surface area contributed by atoms with Crippen LogP contribution in [0.15, 0.2) is 45.7 Å². The van der Waals surface area contributed by atoms with Crippen LogP contribution < -0.4 is 4.90 Å². The number of ether oxygens (including phenoxy) is 1. The molecule has 2 aromatic rings. The monoisotopic (exact) mass is 399 g/mol. The van der Waals surface area contributed by atoms with Crippen LogP contribution in [0, 0.1) is 0 Å². The molecule has 1 aromatic carbocycles. The van der Waals surface area contributed by atoms with Gasteiger partial charge in [-0.05, 0) is 24.3 Å². The molecule has 1 saturated heterocycles. The van der Waals surface area contributed by atoms with E-state index in [4.69, 9.17) is 16.0 Å². The van der Waals surface area contributed by atoms with Crippen LogP contribution in [0.1, 0.15) is 16.3 Å². The second-order valence-electron chi connectivity index (χ2n) is 6.02. The van der Waals surface area contributed by atoms with Gasteiger partial charge in [-0.25, -0.2) is 13.2 Å². The van der Waals surface area contributed by atoms with Crippen LogP contribution in [0.4, 0.5) is 0 Å². The fraction of sp³-hybridized carbons (Fsp3) is 0.353. The van der Waals surface area contributed by atoms with Gasteiger partial charge in [-0.2, -0.15) is 4.31 Å². The molecule has 26 heavy (non-hydrogen) atoms. The van der Waals surface area contributed by atoms with Gasteiger partial charge in [-0.3, -0.25) is 0 Å². The van der Waals surface area contributed by atoms with Gasteiger partial charge in [0.25, 0.3) is 0 Å². The Labute approximate surface area is 157 Å². The zero-order chi connectivity index (χ0) is 18.7. The summed E-state index contributed by atoms with van der Waals surface area (Å²) >= 11 is 6.04. The second kappa shape index (κ2) is 7.79. The number of piperazine rings is 1. The van der Waals surface area contributed by atoms with Crippen molar-refractivity contribution in [1.82, 2.24) is 4.31 Å². The van der Waals surface area contributed by atoms with Gasteiger partial charge in [-0.15, -0.1) is 0 Å². The Kier molecular flexibility index (Phi) is 5.67. The lowest BCUT2D eigenvalue weighted by atomic mass is 10.3. The number of quaternary nitrogens is 1. The first-order valence-corrected chi connectivity index (χ1v) is 9.99. The normalized spacial score (nSPS) is 16.5. The van der Waals surface area contributed by atoms with Crippen LogP contribution in [-0.2, 0) is 21.3 Å². The summed E-state index contributed by atoms with van der Waals surface area (Å²) in [5.41, 5.74) is 0. The summed E-state index contributed by atoms with van der Waals surface area (Å²) in [6, 6.07) is 9.79. The molecule has 0 aliphatic carbocycles. The molecule has 0 spiro atoms. The van der Waals surface area contributed by atoms with E-state index in [1.807, 2.05) is 0 Å². The highest BCUT2D eigenvalue weighted by molar-refractivity contribution is 7.89. The van der Waals surface area contributed by atoms with Gasteiger partial charge >= 0.3 is 5.97 Å². The molecule has 1 aromatic heterocycles. The van der Waals surface area contributed by atoms with Crippen molar-refractivity contribution in [3.8, 4) is 0 Å². The van der Waals surface area contributed by atoms with Crippen molar-refractivity contribution in [2.75, 3.05) is 33.3 Å². The zero-order valence-electron chi connectivity index (χ0n) is 14.3. The van der Waals surface area contributed by atoms with Crippen molar-refractivity contribution in [3.05, 3.63) is 52.9 Å². The third-order valence-electron chi connectivity index (χ3n) is 4.36. The van der Waals surface area contributed by atoms with Crippen molar-refractivity contribution in [3.63, 3.8) is 0 Å². The minimum Gasteiger partial charge on any atom is -0.463 e. The SMILES string of the molecule is COC(=O)c1ccc(C[NH+]2CCN(S(=O)(=O)c3ccccc3Cl)CC2)o1. The maximum atomic E-state index is 12.7. The minimum atomic E-state index is -3.60. The van der Waals surface area contributed by atoms with E-state index in [9.17, 15) is 13.2 Å². The molecule has 0 bridgehead atoms. The third-order valence-corrected chi connectivity index (χ3v) is 6.75. The van der Waals surface area contributed by atoms with Crippen LogP contribution in [0.2, 0.25) is 5.02 Å². The number of hydrogen-bond acceptors (Lipinski definition) is 5. The van der Waals surface area contributed by atoms with E-state index in [1.54, 1.807) is 30.3 Å². The number of carbonyl (C=O) groups excluding carboxylic acids is 1. The molecule has 1 aliphatic heterocycles. The minimum absolute atomic E-state index is 0.138. The predicted molar refractivity (Wildman–Crippen MR) is 94.7 cm³/mol. The van der Waals surface area contributed by atoms with E-state index < -0.39 is 16.0 Å². The van der Waals surface area contributed by atoms with Gasteiger partial charge in [0, 0.05) is 0 Å². The van der Waals surface area contributed by atoms with E-state index in [0.29, 0.717) is 38.5 Å². The van der Waals surface area contributed by atoms with Gasteiger partial charge < -0.3 is 14.1 Å². The molecule has 1 fully saturated rings. The number of methoxy groups -OCH3 is 1. The van der Waals surface area contributed by atoms with Crippen molar-refractivity contribution in [2.45, 2.75) is 11.4 Å². The Morgan fingerprint density at radius 3 is 2.58 bits per heavy atom. The molecule has 1 N–H and O–H groups in total. The maximum absolute atomic E-state index is 12.7. The van der Waals surface area contributed by atoms with Gasteiger partial charge in [0.1, 0.15) is 11.4 Å². The fourth-order valence-electron chi connectivity index (χ4n) is 2.94. The number of furan rings is 1. The van der Waals surface area contributed by atoms with E-state index in [1.165, 1.54) is 22.4 Å². The van der Waals surface area contributed by atoms with Gasteiger partial charge in [0.2, 0.25) is 15.8 Å². The van der Waals surface area contributed by atoms with E-state index in [0.717, 1.165) is 0 Å². The molecule has 0 saturated carbocycles. The summed E-state index contributed by atoms with van der Waals surface area (Å²) < 4.78 is 37.0. The van der Waals surface area contributed by atoms with E-state index in [-0.39, 0.29) is 15.7 Å². The second-order valence-corrected chi connectivity index (χ2v) is 8.33. The molecule has 2 heterocycles. The largest absolute Gasteiger partial charge is 0.463 e. The average Bonchev–Trinajstić information content (AvgIpc) is 3.10. The maximum Gasteiger partial charge on any atom is 0.373 e. The summed E-state index contributed by atoms with van der Waals surface area (Å²) in [6.45, 7) is 2.65. The Morgan fingerprint density at radius 2 is 1.92 bits per heavy atom. The lowest BCUT2D eigenvalue weighted by Crippen LogP contribution is -3.13. The van der Waals surface area contributed by atoms with Crippen molar-refractivity contribution < 1.29 is 27.3 Å². The van der Waals surface area contributed by atoms with Crippen molar-refractivity contribution >= 4 is 27.6 Å². The molecule has 0 unspecified atom stereocenters. The van der Waals surface area contributed by atoms with Gasteiger partial charge in [0.05, 0.1) is 38.3 Å². The molecular weight excluding hydrogens is 380 g/mol. The number of halogens is 1. The fourth-order valence-corrected chi connectivity index (χ4v) is 4.88. The summed E-state index contributed by atoms with van der Waals surface area (Å²) in [5.74, 6) is 0.326. The standard InChI is InChI=1S/C17H19ClN2O5S/c1-24-17(21)15-7-6-13(25-15)12-19-8-10-20(11-9-19)26(22,23)16-5-3-2-4-14(16)18/h2-7H,8-12H2,1H3/p+1. The molecule has 7 nitrogen and oxygen atoms in total. The van der Waals surface area contributed by atoms with Crippen molar-refractivity contribution in [1.29, 1.82) is 0 Å². The zero-order valence-corrected chi connectivity index (χ0v) is 15.8. The van der Waals surface area contributed by atoms with Crippen LogP contribution in [0.5, 0.6) is 0 Å². The van der Waals surface area contributed by atoms with Gasteiger partial charge in [-0.1, -0.05) is 23.7 Å². The smallest absolute Gasteiger partial charge is 0.373 e. The number of rotatable bonds is 5. The number of benzene rings is 1. The van der Waals surface area contributed by atoms with Gasteiger partial charge in [0.15, 0.2) is 5.76 Å². The van der Waals surface area contributed by atoms with Crippen LogP contribution in [0.25, 0.3) is 0 Å². The highest BCUT2D eigenvalue weighted by atomic mass is 35.5. The highest BCUT2D eigenvalue weighted by Gasteiger charge is 2.32. The third kappa shape index (κ3) is 3.93. The molecular formula is C17H20ClN2O5S+. The molecule has 0 amide bonds. The van der Waals surface area contributed by atoms with Crippen molar-refractivity contribution in [2.24, 2.45) is 0 Å². The lowest BCUT2D eigenvalue weighted by molar-refractivity contribution is -0.918. The topological polar surface area (TPSA) is 81.3 Å². The quantitative estimate of drug-likeness (QED) is 0.752. The number of nitrogens with one attached hydrogen (secondary N) is 1. The van der Waals surface area contributed by atoms with E-state index in [2.05, 4.69) is 4.74 Å². The first-order chi connectivity index (χ1) is 12.4. The van der Waals surface area contributed by atoms with Crippen LogP contribution in [0.3, 0.4) is 0 Å². The Bertz CT molecular complexity index is 888. The van der Waals surface area contributed by atoms with E-state index >= 15 is 0 Å². The molecule has 0 radical (unpaired) electrons. The predicted octanol–water partition coefficient (Wildman–Crippen LogP) is 0.809. The molecule has 3 rings (SSSR count). The number of nitrogens with zero attached hydrogens (tertiary/aromatic N) is 1.